The van der Waals surface area contributed by atoms with Crippen molar-refractivity contribution in [2.24, 2.45) is 5.92 Å². The molecule has 3 aromatic rings. The lowest BCUT2D eigenvalue weighted by Gasteiger charge is -2.55. The van der Waals surface area contributed by atoms with Crippen LogP contribution in [0.1, 0.15) is 53.4 Å². The molecule has 2 saturated heterocycles. The SMILES string of the molecule is COC(=O)c1cccc([C@]2(C)CC3CN(Cc4ccccc4)C(c4ccccc4)CN3CC2C)c1. The highest BCUT2D eigenvalue weighted by Crippen LogP contribution is 2.45. The Kier molecular flexibility index (Phi) is 6.77. The highest BCUT2D eigenvalue weighted by atomic mass is 16.5. The zero-order valence-corrected chi connectivity index (χ0v) is 21.1. The highest BCUT2D eigenvalue weighted by Gasteiger charge is 2.46. The van der Waals surface area contributed by atoms with Crippen LogP contribution < -0.4 is 0 Å². The Balaban J connectivity index is 1.43. The summed E-state index contributed by atoms with van der Waals surface area (Å²) in [6, 6.07) is 30.8. The minimum atomic E-state index is -0.266. The van der Waals surface area contributed by atoms with Gasteiger partial charge in [-0.1, -0.05) is 86.6 Å². The van der Waals surface area contributed by atoms with E-state index in [1.165, 1.54) is 23.8 Å². The average molecular weight is 469 g/mol. The number of hydrogen-bond donors (Lipinski definition) is 0. The number of methoxy groups -OCH3 is 1. The molecular formula is C31H36N2O2. The van der Waals surface area contributed by atoms with Crippen molar-refractivity contribution >= 4 is 5.97 Å². The van der Waals surface area contributed by atoms with E-state index in [2.05, 4.69) is 96.4 Å². The number of carbonyl (C=O) groups is 1. The molecule has 4 atom stereocenters. The van der Waals surface area contributed by atoms with Gasteiger partial charge in [0.25, 0.3) is 0 Å². The molecule has 2 fully saturated rings. The predicted octanol–water partition coefficient (Wildman–Crippen LogP) is 5.70. The molecule has 0 aromatic heterocycles. The van der Waals surface area contributed by atoms with Gasteiger partial charge in [-0.05, 0) is 46.6 Å². The number of benzene rings is 3. The van der Waals surface area contributed by atoms with Gasteiger partial charge < -0.3 is 4.74 Å². The summed E-state index contributed by atoms with van der Waals surface area (Å²) in [5, 5.41) is 0. The molecule has 4 nitrogen and oxygen atoms in total. The van der Waals surface area contributed by atoms with E-state index in [9.17, 15) is 4.79 Å². The number of piperidine rings is 1. The zero-order valence-electron chi connectivity index (χ0n) is 21.1. The summed E-state index contributed by atoms with van der Waals surface area (Å²) < 4.78 is 4.99. The van der Waals surface area contributed by atoms with E-state index in [1.54, 1.807) is 0 Å². The van der Waals surface area contributed by atoms with E-state index in [0.29, 0.717) is 23.6 Å². The number of esters is 1. The monoisotopic (exact) mass is 468 g/mol. The zero-order chi connectivity index (χ0) is 24.4. The third-order valence-electron chi connectivity index (χ3n) is 8.42. The van der Waals surface area contributed by atoms with E-state index >= 15 is 0 Å². The van der Waals surface area contributed by atoms with Gasteiger partial charge in [0.05, 0.1) is 12.7 Å². The molecule has 4 heteroatoms. The maximum atomic E-state index is 12.2. The predicted molar refractivity (Wildman–Crippen MR) is 140 cm³/mol. The van der Waals surface area contributed by atoms with Gasteiger partial charge in [-0.25, -0.2) is 4.79 Å². The van der Waals surface area contributed by atoms with Crippen LogP contribution in [0.5, 0.6) is 0 Å². The first-order chi connectivity index (χ1) is 17.0. The summed E-state index contributed by atoms with van der Waals surface area (Å²) in [6.45, 7) is 8.85. The van der Waals surface area contributed by atoms with Gasteiger partial charge in [0.1, 0.15) is 0 Å². The molecule has 0 spiro atoms. The van der Waals surface area contributed by atoms with Crippen LogP contribution in [0.15, 0.2) is 84.9 Å². The molecule has 0 radical (unpaired) electrons. The largest absolute Gasteiger partial charge is 0.465 e. The second-order valence-corrected chi connectivity index (χ2v) is 10.5. The van der Waals surface area contributed by atoms with E-state index in [-0.39, 0.29) is 11.4 Å². The summed E-state index contributed by atoms with van der Waals surface area (Å²) >= 11 is 0. The molecule has 0 amide bonds. The van der Waals surface area contributed by atoms with Crippen molar-refractivity contribution < 1.29 is 9.53 Å². The van der Waals surface area contributed by atoms with Crippen molar-refractivity contribution in [3.05, 3.63) is 107 Å². The molecular weight excluding hydrogens is 432 g/mol. The fraction of sp³-hybridized carbons (Fsp3) is 0.387. The first kappa shape index (κ1) is 23.8. The van der Waals surface area contributed by atoms with Crippen molar-refractivity contribution in [3.8, 4) is 0 Å². The van der Waals surface area contributed by atoms with Gasteiger partial charge in [0.15, 0.2) is 0 Å². The molecule has 2 aliphatic rings. The first-order valence-corrected chi connectivity index (χ1v) is 12.7. The normalized spacial score (nSPS) is 27.2. The average Bonchev–Trinajstić information content (AvgIpc) is 2.90. The van der Waals surface area contributed by atoms with Crippen LogP contribution in [0.2, 0.25) is 0 Å². The van der Waals surface area contributed by atoms with Crippen LogP contribution in [0, 0.1) is 5.92 Å². The molecule has 0 aliphatic carbocycles. The Labute approximate surface area is 209 Å². The molecule has 2 heterocycles. The number of ether oxygens (including phenoxy) is 1. The van der Waals surface area contributed by atoms with Crippen molar-refractivity contribution in [1.82, 2.24) is 9.80 Å². The second-order valence-electron chi connectivity index (χ2n) is 10.5. The maximum Gasteiger partial charge on any atom is 0.337 e. The van der Waals surface area contributed by atoms with Crippen LogP contribution >= 0.6 is 0 Å². The number of piperazine rings is 1. The van der Waals surface area contributed by atoms with E-state index in [0.717, 1.165) is 32.6 Å². The fourth-order valence-electron chi connectivity index (χ4n) is 6.17. The van der Waals surface area contributed by atoms with Gasteiger partial charge in [-0.2, -0.15) is 0 Å². The molecule has 3 unspecified atom stereocenters. The third kappa shape index (κ3) is 4.78. The van der Waals surface area contributed by atoms with Crippen LogP contribution in [-0.4, -0.2) is 48.6 Å². The Bertz CT molecular complexity index is 1150. The third-order valence-corrected chi connectivity index (χ3v) is 8.42. The lowest BCUT2D eigenvalue weighted by Crippen LogP contribution is -2.61. The molecule has 0 N–H and O–H groups in total. The summed E-state index contributed by atoms with van der Waals surface area (Å²) in [5.74, 6) is 0.210. The van der Waals surface area contributed by atoms with Gasteiger partial charge in [-0.3, -0.25) is 9.80 Å². The van der Waals surface area contributed by atoms with Crippen LogP contribution in [-0.2, 0) is 16.7 Å². The Morgan fingerprint density at radius 3 is 2.37 bits per heavy atom. The van der Waals surface area contributed by atoms with Gasteiger partial charge in [-0.15, -0.1) is 0 Å². The van der Waals surface area contributed by atoms with Crippen molar-refractivity contribution in [2.45, 2.75) is 44.3 Å². The van der Waals surface area contributed by atoms with Crippen molar-refractivity contribution in [2.75, 3.05) is 26.7 Å². The Morgan fingerprint density at radius 1 is 0.943 bits per heavy atom. The lowest BCUT2D eigenvalue weighted by molar-refractivity contribution is -0.0351. The van der Waals surface area contributed by atoms with Crippen LogP contribution in [0.4, 0.5) is 0 Å². The van der Waals surface area contributed by atoms with E-state index in [4.69, 9.17) is 4.74 Å². The van der Waals surface area contributed by atoms with Crippen LogP contribution in [0.3, 0.4) is 0 Å². The van der Waals surface area contributed by atoms with Gasteiger partial charge in [0.2, 0.25) is 0 Å². The fourth-order valence-corrected chi connectivity index (χ4v) is 6.17. The van der Waals surface area contributed by atoms with E-state index < -0.39 is 0 Å². The smallest absolute Gasteiger partial charge is 0.337 e. The quantitative estimate of drug-likeness (QED) is 0.450. The highest BCUT2D eigenvalue weighted by molar-refractivity contribution is 5.89. The van der Waals surface area contributed by atoms with Crippen LogP contribution in [0.25, 0.3) is 0 Å². The number of carbonyl (C=O) groups excluding carboxylic acids is 1. The van der Waals surface area contributed by atoms with E-state index in [1.807, 2.05) is 12.1 Å². The molecule has 0 saturated carbocycles. The number of rotatable bonds is 5. The Hall–Kier alpha value is -2.95. The molecule has 35 heavy (non-hydrogen) atoms. The number of nitrogens with zero attached hydrogens (tertiary/aromatic N) is 2. The second kappa shape index (κ2) is 9.96. The van der Waals surface area contributed by atoms with Gasteiger partial charge in [0, 0.05) is 38.3 Å². The summed E-state index contributed by atoms with van der Waals surface area (Å²) in [6.07, 6.45) is 1.07. The molecule has 2 aliphatic heterocycles. The maximum absolute atomic E-state index is 12.2. The summed E-state index contributed by atoms with van der Waals surface area (Å²) in [5.41, 5.74) is 4.64. The van der Waals surface area contributed by atoms with Gasteiger partial charge >= 0.3 is 5.97 Å². The topological polar surface area (TPSA) is 32.8 Å². The Morgan fingerprint density at radius 2 is 1.66 bits per heavy atom. The number of hydrogen-bond acceptors (Lipinski definition) is 4. The standard InChI is InChI=1S/C31H36N2O2/c1-23-19-32-22-29(25-13-8-5-9-14-25)33(20-24-11-6-4-7-12-24)21-28(32)18-31(23,2)27-16-10-15-26(17-27)30(34)35-3/h4-17,23,28-29H,18-22H2,1-3H3/t23?,28?,29?,31-/m1/s1. The van der Waals surface area contributed by atoms with Crippen molar-refractivity contribution in [3.63, 3.8) is 0 Å². The van der Waals surface area contributed by atoms with Crippen molar-refractivity contribution in [1.29, 1.82) is 0 Å². The first-order valence-electron chi connectivity index (χ1n) is 12.7. The summed E-state index contributed by atoms with van der Waals surface area (Å²) in [7, 11) is 1.45. The molecule has 3 aromatic carbocycles. The minimum Gasteiger partial charge on any atom is -0.465 e. The molecule has 182 valence electrons. The molecule has 0 bridgehead atoms. The minimum absolute atomic E-state index is 0.00317. The number of fused-ring (bicyclic) bond motifs is 1. The molecule has 5 rings (SSSR count). The summed E-state index contributed by atoms with van der Waals surface area (Å²) in [4.78, 5) is 17.6. The lowest BCUT2D eigenvalue weighted by atomic mass is 9.65.